The maximum absolute atomic E-state index is 12.3. The first-order chi connectivity index (χ1) is 10.5. The first kappa shape index (κ1) is 15.0. The standard InChI is InChI=1S/C15H15BrN2O4/c16-11-3-1-10(2-4-11)7-13(19)17-6-5-12(8-17)18-14(20)9-22-15(18)21/h1-4,12H,5-9H2/t12-/m0/s1. The van der Waals surface area contributed by atoms with Gasteiger partial charge in [-0.1, -0.05) is 28.1 Å². The van der Waals surface area contributed by atoms with Crippen LogP contribution in [0.1, 0.15) is 12.0 Å². The average molecular weight is 367 g/mol. The molecule has 0 N–H and O–H groups in total. The van der Waals surface area contributed by atoms with E-state index in [1.165, 1.54) is 0 Å². The number of halogens is 1. The summed E-state index contributed by atoms with van der Waals surface area (Å²) in [5, 5.41) is 0. The topological polar surface area (TPSA) is 66.9 Å². The smallest absolute Gasteiger partial charge is 0.417 e. The largest absolute Gasteiger partial charge is 0.439 e. The molecule has 0 bridgehead atoms. The molecule has 7 heteroatoms. The summed E-state index contributed by atoms with van der Waals surface area (Å²) in [6.07, 6.45) is 0.322. The maximum atomic E-state index is 12.3. The van der Waals surface area contributed by atoms with E-state index < -0.39 is 6.09 Å². The van der Waals surface area contributed by atoms with E-state index in [0.29, 0.717) is 25.9 Å². The van der Waals surface area contributed by atoms with Gasteiger partial charge in [0.25, 0.3) is 5.91 Å². The number of benzene rings is 1. The fourth-order valence-corrected chi connectivity index (χ4v) is 3.05. The Morgan fingerprint density at radius 3 is 2.64 bits per heavy atom. The summed E-state index contributed by atoms with van der Waals surface area (Å²) in [5.41, 5.74) is 0.938. The van der Waals surface area contributed by atoms with Crippen LogP contribution in [0.15, 0.2) is 28.7 Å². The number of amides is 3. The highest BCUT2D eigenvalue weighted by Gasteiger charge is 2.41. The van der Waals surface area contributed by atoms with Crippen molar-refractivity contribution in [2.45, 2.75) is 18.9 Å². The second-order valence-corrected chi connectivity index (χ2v) is 6.32. The van der Waals surface area contributed by atoms with E-state index in [0.717, 1.165) is 14.9 Å². The van der Waals surface area contributed by atoms with Gasteiger partial charge in [-0.2, -0.15) is 0 Å². The lowest BCUT2D eigenvalue weighted by molar-refractivity contribution is -0.131. The zero-order chi connectivity index (χ0) is 15.7. The van der Waals surface area contributed by atoms with Crippen LogP contribution in [0, 0.1) is 0 Å². The lowest BCUT2D eigenvalue weighted by Crippen LogP contribution is -2.42. The molecule has 6 nitrogen and oxygen atoms in total. The number of hydrogen-bond acceptors (Lipinski definition) is 4. The molecule has 2 aliphatic rings. The lowest BCUT2D eigenvalue weighted by atomic mass is 10.1. The molecule has 1 aromatic carbocycles. The molecule has 0 spiro atoms. The van der Waals surface area contributed by atoms with Gasteiger partial charge in [-0.05, 0) is 24.1 Å². The van der Waals surface area contributed by atoms with Crippen LogP contribution in [0.4, 0.5) is 4.79 Å². The number of carbonyl (C=O) groups excluding carboxylic acids is 3. The molecule has 2 heterocycles. The van der Waals surface area contributed by atoms with Crippen molar-refractivity contribution in [1.82, 2.24) is 9.80 Å². The molecule has 22 heavy (non-hydrogen) atoms. The van der Waals surface area contributed by atoms with Crippen LogP contribution in [0.2, 0.25) is 0 Å². The number of carbonyl (C=O) groups is 3. The van der Waals surface area contributed by atoms with Crippen molar-refractivity contribution in [2.24, 2.45) is 0 Å². The summed E-state index contributed by atoms with van der Waals surface area (Å²) < 4.78 is 5.69. The van der Waals surface area contributed by atoms with Crippen molar-refractivity contribution in [3.8, 4) is 0 Å². The second kappa shape index (κ2) is 6.08. The summed E-state index contributed by atoms with van der Waals surface area (Å²) in [4.78, 5) is 38.4. The Balaban J connectivity index is 1.60. The van der Waals surface area contributed by atoms with Crippen molar-refractivity contribution >= 4 is 33.8 Å². The fraction of sp³-hybridized carbons (Fsp3) is 0.400. The van der Waals surface area contributed by atoms with Gasteiger partial charge in [0.1, 0.15) is 0 Å². The molecule has 0 aromatic heterocycles. The molecule has 2 fully saturated rings. The Morgan fingerprint density at radius 2 is 2.00 bits per heavy atom. The third-order valence-corrected chi connectivity index (χ3v) is 4.46. The van der Waals surface area contributed by atoms with Crippen molar-refractivity contribution in [3.05, 3.63) is 34.3 Å². The molecule has 1 atom stereocenters. The molecule has 0 unspecified atom stereocenters. The van der Waals surface area contributed by atoms with Crippen LogP contribution in [0.5, 0.6) is 0 Å². The van der Waals surface area contributed by atoms with Gasteiger partial charge >= 0.3 is 6.09 Å². The Morgan fingerprint density at radius 1 is 1.27 bits per heavy atom. The van der Waals surface area contributed by atoms with E-state index in [-0.39, 0.29) is 24.5 Å². The molecule has 0 radical (unpaired) electrons. The van der Waals surface area contributed by atoms with Crippen LogP contribution < -0.4 is 0 Å². The molecule has 3 rings (SSSR count). The van der Waals surface area contributed by atoms with E-state index in [9.17, 15) is 14.4 Å². The minimum atomic E-state index is -0.600. The molecule has 0 aliphatic carbocycles. The van der Waals surface area contributed by atoms with Crippen LogP contribution in [0.25, 0.3) is 0 Å². The van der Waals surface area contributed by atoms with Crippen LogP contribution in [0.3, 0.4) is 0 Å². The SMILES string of the molecule is O=C(Cc1ccc(Br)cc1)N1CC[C@H](N2C(=O)COC2=O)C1. The minimum absolute atomic E-state index is 0.00448. The quantitative estimate of drug-likeness (QED) is 0.814. The van der Waals surface area contributed by atoms with E-state index in [1.807, 2.05) is 24.3 Å². The van der Waals surface area contributed by atoms with E-state index in [2.05, 4.69) is 15.9 Å². The Bertz CT molecular complexity index is 600. The maximum Gasteiger partial charge on any atom is 0.417 e. The minimum Gasteiger partial charge on any atom is -0.439 e. The monoisotopic (exact) mass is 366 g/mol. The average Bonchev–Trinajstić information content (AvgIpc) is 3.08. The van der Waals surface area contributed by atoms with Crippen molar-refractivity contribution in [2.75, 3.05) is 19.7 Å². The summed E-state index contributed by atoms with van der Waals surface area (Å²) in [5.74, 6) is -0.318. The number of likely N-dealkylation sites (tertiary alicyclic amines) is 1. The van der Waals surface area contributed by atoms with E-state index in [4.69, 9.17) is 4.74 Å². The van der Waals surface area contributed by atoms with Crippen LogP contribution in [-0.4, -0.2) is 53.4 Å². The lowest BCUT2D eigenvalue weighted by Gasteiger charge is -2.20. The number of rotatable bonds is 3. The van der Waals surface area contributed by atoms with Gasteiger partial charge in [0.15, 0.2) is 6.61 Å². The number of cyclic esters (lactones) is 1. The predicted octanol–water partition coefficient (Wildman–Crippen LogP) is 1.57. The zero-order valence-corrected chi connectivity index (χ0v) is 13.4. The van der Waals surface area contributed by atoms with Gasteiger partial charge in [0.2, 0.25) is 5.91 Å². The second-order valence-electron chi connectivity index (χ2n) is 5.40. The van der Waals surface area contributed by atoms with Gasteiger partial charge in [0.05, 0.1) is 12.5 Å². The molecular weight excluding hydrogens is 352 g/mol. The summed E-state index contributed by atoms with van der Waals surface area (Å²) in [7, 11) is 0. The molecule has 116 valence electrons. The summed E-state index contributed by atoms with van der Waals surface area (Å²) >= 11 is 3.36. The first-order valence-electron chi connectivity index (χ1n) is 7.05. The molecule has 3 amide bonds. The highest BCUT2D eigenvalue weighted by Crippen LogP contribution is 2.21. The number of ether oxygens (including phenoxy) is 1. The van der Waals surface area contributed by atoms with Crippen LogP contribution >= 0.6 is 15.9 Å². The number of nitrogens with zero attached hydrogens (tertiary/aromatic N) is 2. The highest BCUT2D eigenvalue weighted by molar-refractivity contribution is 9.10. The number of imide groups is 1. The Kier molecular flexibility index (Phi) is 4.15. The van der Waals surface area contributed by atoms with Gasteiger partial charge < -0.3 is 9.64 Å². The van der Waals surface area contributed by atoms with Crippen molar-refractivity contribution in [1.29, 1.82) is 0 Å². The highest BCUT2D eigenvalue weighted by atomic mass is 79.9. The Labute approximate surface area is 136 Å². The molecular formula is C15H15BrN2O4. The third kappa shape index (κ3) is 2.99. The molecule has 2 saturated heterocycles. The zero-order valence-electron chi connectivity index (χ0n) is 11.8. The third-order valence-electron chi connectivity index (χ3n) is 3.93. The van der Waals surface area contributed by atoms with Gasteiger partial charge in [-0.15, -0.1) is 0 Å². The Hall–Kier alpha value is -1.89. The number of hydrogen-bond donors (Lipinski definition) is 0. The first-order valence-corrected chi connectivity index (χ1v) is 7.85. The van der Waals surface area contributed by atoms with E-state index in [1.54, 1.807) is 4.90 Å². The van der Waals surface area contributed by atoms with Gasteiger partial charge in [0, 0.05) is 17.6 Å². The molecule has 0 saturated carbocycles. The summed E-state index contributed by atoms with van der Waals surface area (Å²) in [6, 6.07) is 7.33. The molecule has 1 aromatic rings. The van der Waals surface area contributed by atoms with Gasteiger partial charge in [-0.3, -0.25) is 9.59 Å². The van der Waals surface area contributed by atoms with Crippen molar-refractivity contribution < 1.29 is 19.1 Å². The predicted molar refractivity (Wildman–Crippen MR) is 81.0 cm³/mol. The van der Waals surface area contributed by atoms with E-state index >= 15 is 0 Å². The van der Waals surface area contributed by atoms with Crippen molar-refractivity contribution in [3.63, 3.8) is 0 Å². The fourth-order valence-electron chi connectivity index (χ4n) is 2.78. The summed E-state index contributed by atoms with van der Waals surface area (Å²) in [6.45, 7) is 0.745. The normalized spacial score (nSPS) is 21.4. The van der Waals surface area contributed by atoms with Gasteiger partial charge in [-0.25, -0.2) is 9.69 Å². The molecule has 2 aliphatic heterocycles. The van der Waals surface area contributed by atoms with Crippen LogP contribution in [-0.2, 0) is 20.7 Å².